The number of aromatic nitrogens is 4. The molecule has 1 aromatic carbocycles. The summed E-state index contributed by atoms with van der Waals surface area (Å²) in [5.74, 6) is 1.19. The van der Waals surface area contributed by atoms with Gasteiger partial charge in [0.15, 0.2) is 0 Å². The summed E-state index contributed by atoms with van der Waals surface area (Å²) in [5, 5.41) is 4.72. The van der Waals surface area contributed by atoms with Crippen LogP contribution in [0.4, 0.5) is 0 Å². The average molecular weight is 275 g/mol. The molecular formula is C13H11ClN4O. The summed E-state index contributed by atoms with van der Waals surface area (Å²) >= 11 is 6.08. The highest BCUT2D eigenvalue weighted by Crippen LogP contribution is 2.28. The molecule has 0 aliphatic carbocycles. The van der Waals surface area contributed by atoms with E-state index >= 15 is 0 Å². The van der Waals surface area contributed by atoms with Crippen molar-refractivity contribution in [3.8, 4) is 5.75 Å². The summed E-state index contributed by atoms with van der Waals surface area (Å²) in [7, 11) is 0. The predicted molar refractivity (Wildman–Crippen MR) is 71.3 cm³/mol. The lowest BCUT2D eigenvalue weighted by atomic mass is 10.2. The second-order valence-corrected chi connectivity index (χ2v) is 4.44. The van der Waals surface area contributed by atoms with E-state index in [0.717, 1.165) is 5.69 Å². The third kappa shape index (κ3) is 2.24. The Morgan fingerprint density at radius 1 is 1.21 bits per heavy atom. The molecule has 1 atom stereocenters. The second-order valence-electron chi connectivity index (χ2n) is 4.03. The van der Waals surface area contributed by atoms with Crippen LogP contribution in [-0.4, -0.2) is 19.6 Å². The topological polar surface area (TPSA) is 52.3 Å². The number of benzene rings is 1. The zero-order chi connectivity index (χ0) is 13.2. The van der Waals surface area contributed by atoms with E-state index in [1.165, 1.54) is 6.33 Å². The molecule has 0 amide bonds. The molecule has 6 heteroatoms. The summed E-state index contributed by atoms with van der Waals surface area (Å²) in [6.45, 7) is 1.93. The van der Waals surface area contributed by atoms with Gasteiger partial charge in [0.05, 0.1) is 10.7 Å². The van der Waals surface area contributed by atoms with Crippen LogP contribution in [0.1, 0.15) is 18.7 Å². The van der Waals surface area contributed by atoms with Gasteiger partial charge in [-0.25, -0.2) is 4.98 Å². The number of ether oxygens (including phenoxy) is 1. The largest absolute Gasteiger partial charge is 0.483 e. The molecule has 0 aliphatic heterocycles. The first-order chi connectivity index (χ1) is 9.25. The van der Waals surface area contributed by atoms with E-state index in [4.69, 9.17) is 16.3 Å². The van der Waals surface area contributed by atoms with Crippen molar-refractivity contribution in [2.45, 2.75) is 13.0 Å². The van der Waals surface area contributed by atoms with Crippen molar-refractivity contribution in [1.82, 2.24) is 19.6 Å². The van der Waals surface area contributed by atoms with Gasteiger partial charge < -0.3 is 4.74 Å². The van der Waals surface area contributed by atoms with Gasteiger partial charge in [-0.2, -0.15) is 14.6 Å². The van der Waals surface area contributed by atoms with Gasteiger partial charge in [0, 0.05) is 6.20 Å². The van der Waals surface area contributed by atoms with Crippen LogP contribution in [0.2, 0.25) is 5.02 Å². The Morgan fingerprint density at radius 3 is 2.89 bits per heavy atom. The predicted octanol–water partition coefficient (Wildman–Crippen LogP) is 2.92. The molecule has 2 heterocycles. The first-order valence-electron chi connectivity index (χ1n) is 5.81. The number of hydrogen-bond acceptors (Lipinski definition) is 4. The fraction of sp³-hybridized carbons (Fsp3) is 0.154. The maximum absolute atomic E-state index is 6.08. The minimum absolute atomic E-state index is 0.216. The van der Waals surface area contributed by atoms with Gasteiger partial charge >= 0.3 is 0 Å². The molecule has 3 rings (SSSR count). The van der Waals surface area contributed by atoms with Gasteiger partial charge in [-0.15, -0.1) is 0 Å². The Hall–Kier alpha value is -2.14. The first-order valence-corrected chi connectivity index (χ1v) is 6.19. The summed E-state index contributed by atoms with van der Waals surface area (Å²) in [5.41, 5.74) is 0.863. The lowest BCUT2D eigenvalue weighted by molar-refractivity contribution is 0.219. The molecule has 1 unspecified atom stereocenters. The molecule has 3 aromatic rings. The molecule has 0 aliphatic rings. The van der Waals surface area contributed by atoms with Crippen molar-refractivity contribution < 1.29 is 4.74 Å². The summed E-state index contributed by atoms with van der Waals surface area (Å²) < 4.78 is 7.51. The van der Waals surface area contributed by atoms with Crippen LogP contribution in [0, 0.1) is 0 Å². The van der Waals surface area contributed by atoms with Crippen LogP contribution in [-0.2, 0) is 0 Å². The summed E-state index contributed by atoms with van der Waals surface area (Å²) in [4.78, 5) is 8.16. The van der Waals surface area contributed by atoms with Gasteiger partial charge in [-0.3, -0.25) is 0 Å². The molecule has 0 radical (unpaired) electrons. The van der Waals surface area contributed by atoms with Crippen LogP contribution in [0.25, 0.3) is 5.78 Å². The third-order valence-corrected chi connectivity index (χ3v) is 3.08. The Morgan fingerprint density at radius 2 is 2.05 bits per heavy atom. The van der Waals surface area contributed by atoms with Crippen molar-refractivity contribution in [2.75, 3.05) is 0 Å². The van der Waals surface area contributed by atoms with E-state index in [0.29, 0.717) is 16.5 Å². The smallest absolute Gasteiger partial charge is 0.252 e. The Kier molecular flexibility index (Phi) is 3.05. The Labute approximate surface area is 114 Å². The van der Waals surface area contributed by atoms with Gasteiger partial charge in [0.1, 0.15) is 18.2 Å². The lowest BCUT2D eigenvalue weighted by Gasteiger charge is -2.16. The molecule has 0 N–H and O–H groups in total. The van der Waals surface area contributed by atoms with Crippen LogP contribution in [0.15, 0.2) is 42.9 Å². The zero-order valence-corrected chi connectivity index (χ0v) is 10.9. The zero-order valence-electron chi connectivity index (χ0n) is 10.2. The minimum atomic E-state index is -0.216. The van der Waals surface area contributed by atoms with Crippen LogP contribution < -0.4 is 4.74 Å². The Bertz CT molecular complexity index is 712. The Balaban J connectivity index is 1.94. The molecule has 0 fully saturated rings. The fourth-order valence-electron chi connectivity index (χ4n) is 1.86. The lowest BCUT2D eigenvalue weighted by Crippen LogP contribution is -2.10. The molecule has 0 saturated heterocycles. The normalized spacial score (nSPS) is 12.5. The maximum atomic E-state index is 6.08. The number of halogens is 1. The molecule has 5 nitrogen and oxygen atoms in total. The first kappa shape index (κ1) is 11.9. The number of para-hydroxylation sites is 1. The molecule has 96 valence electrons. The van der Waals surface area contributed by atoms with Gasteiger partial charge in [-0.1, -0.05) is 23.7 Å². The summed E-state index contributed by atoms with van der Waals surface area (Å²) in [6, 6.07) is 9.22. The van der Waals surface area contributed by atoms with Gasteiger partial charge in [-0.05, 0) is 25.1 Å². The minimum Gasteiger partial charge on any atom is -0.483 e. The van der Waals surface area contributed by atoms with Crippen LogP contribution in [0.3, 0.4) is 0 Å². The van der Waals surface area contributed by atoms with E-state index in [-0.39, 0.29) is 6.10 Å². The molecule has 0 bridgehead atoms. The third-order valence-electron chi connectivity index (χ3n) is 2.77. The number of fused-ring (bicyclic) bond motifs is 1. The number of rotatable bonds is 3. The number of nitrogens with zero attached hydrogens (tertiary/aromatic N) is 4. The fourth-order valence-corrected chi connectivity index (χ4v) is 2.04. The van der Waals surface area contributed by atoms with Crippen LogP contribution >= 0.6 is 11.6 Å². The quantitative estimate of drug-likeness (QED) is 0.737. The van der Waals surface area contributed by atoms with Gasteiger partial charge in [0.2, 0.25) is 0 Å². The van der Waals surface area contributed by atoms with Crippen molar-refractivity contribution in [3.05, 3.63) is 53.6 Å². The molecule has 0 spiro atoms. The highest BCUT2D eigenvalue weighted by Gasteiger charge is 2.14. The van der Waals surface area contributed by atoms with Crippen molar-refractivity contribution in [3.63, 3.8) is 0 Å². The second kappa shape index (κ2) is 4.85. The molecule has 0 saturated carbocycles. The van der Waals surface area contributed by atoms with E-state index < -0.39 is 0 Å². The van der Waals surface area contributed by atoms with Crippen molar-refractivity contribution in [2.24, 2.45) is 0 Å². The van der Waals surface area contributed by atoms with Crippen molar-refractivity contribution >= 4 is 17.4 Å². The standard InChI is InChI=1S/C13H11ClN4O/c1-9(19-12-5-3-2-4-10(12)14)11-6-7-15-13-16-8-17-18(11)13/h2-9H,1H3. The monoisotopic (exact) mass is 274 g/mol. The average Bonchev–Trinajstić information content (AvgIpc) is 2.89. The van der Waals surface area contributed by atoms with Crippen molar-refractivity contribution in [1.29, 1.82) is 0 Å². The van der Waals surface area contributed by atoms with E-state index in [1.807, 2.05) is 31.2 Å². The van der Waals surface area contributed by atoms with E-state index in [9.17, 15) is 0 Å². The molecular weight excluding hydrogens is 264 g/mol. The molecule has 2 aromatic heterocycles. The van der Waals surface area contributed by atoms with Gasteiger partial charge in [0.25, 0.3) is 5.78 Å². The van der Waals surface area contributed by atoms with E-state index in [2.05, 4.69) is 15.1 Å². The SMILES string of the molecule is CC(Oc1ccccc1Cl)c1ccnc2ncnn12. The van der Waals surface area contributed by atoms with E-state index in [1.54, 1.807) is 16.8 Å². The van der Waals surface area contributed by atoms with Crippen LogP contribution in [0.5, 0.6) is 5.75 Å². The number of hydrogen-bond donors (Lipinski definition) is 0. The maximum Gasteiger partial charge on any atom is 0.252 e. The highest BCUT2D eigenvalue weighted by molar-refractivity contribution is 6.32. The molecule has 19 heavy (non-hydrogen) atoms. The summed E-state index contributed by atoms with van der Waals surface area (Å²) in [6.07, 6.45) is 2.94. The highest BCUT2D eigenvalue weighted by atomic mass is 35.5.